The van der Waals surface area contributed by atoms with Crippen molar-refractivity contribution in [3.63, 3.8) is 0 Å². The zero-order valence-electron chi connectivity index (χ0n) is 11.5. The van der Waals surface area contributed by atoms with Gasteiger partial charge in [0.15, 0.2) is 0 Å². The molecule has 20 heavy (non-hydrogen) atoms. The Labute approximate surface area is 123 Å². The lowest BCUT2D eigenvalue weighted by Crippen LogP contribution is -2.41. The van der Waals surface area contributed by atoms with Gasteiger partial charge in [-0.15, -0.1) is 0 Å². The summed E-state index contributed by atoms with van der Waals surface area (Å²) in [7, 11) is 1.80. The molecular formula is C16H16N2OS. The van der Waals surface area contributed by atoms with Crippen LogP contribution in [0, 0.1) is 0 Å². The van der Waals surface area contributed by atoms with Crippen molar-refractivity contribution >= 4 is 23.5 Å². The van der Waals surface area contributed by atoms with Crippen LogP contribution in [-0.4, -0.2) is 29.9 Å². The van der Waals surface area contributed by atoms with Crippen LogP contribution in [0.2, 0.25) is 0 Å². The molecule has 1 aliphatic heterocycles. The van der Waals surface area contributed by atoms with Crippen molar-refractivity contribution in [1.29, 1.82) is 0 Å². The predicted molar refractivity (Wildman–Crippen MR) is 83.3 cm³/mol. The van der Waals surface area contributed by atoms with Gasteiger partial charge in [0.1, 0.15) is 11.2 Å². The lowest BCUT2D eigenvalue weighted by Gasteiger charge is -2.27. The van der Waals surface area contributed by atoms with Crippen molar-refractivity contribution in [2.75, 3.05) is 24.0 Å². The second kappa shape index (κ2) is 4.94. The minimum Gasteiger partial charge on any atom is -0.299 e. The summed E-state index contributed by atoms with van der Waals surface area (Å²) in [5.74, 6) is 1.60. The molecule has 3 rings (SSSR count). The molecule has 0 aliphatic carbocycles. The van der Waals surface area contributed by atoms with Gasteiger partial charge in [-0.25, -0.2) is 4.98 Å². The quantitative estimate of drug-likeness (QED) is 0.869. The van der Waals surface area contributed by atoms with Crippen molar-refractivity contribution in [3.8, 4) is 0 Å². The number of fused-ring (bicyclic) bond motifs is 1. The second-order valence-corrected chi connectivity index (χ2v) is 5.81. The van der Waals surface area contributed by atoms with Gasteiger partial charge in [-0.2, -0.15) is 11.8 Å². The number of nitrogens with zero attached hydrogens (tertiary/aromatic N) is 2. The number of likely N-dealkylation sites (N-methyl/N-ethyl adjacent to an activating group) is 1. The molecule has 0 fully saturated rings. The fourth-order valence-corrected chi connectivity index (χ4v) is 3.81. The number of amides is 1. The van der Waals surface area contributed by atoms with Crippen LogP contribution >= 0.6 is 11.8 Å². The Hall–Kier alpha value is -1.81. The first-order valence-corrected chi connectivity index (χ1v) is 7.89. The Balaban J connectivity index is 2.28. The van der Waals surface area contributed by atoms with Crippen LogP contribution in [0.4, 0.5) is 5.82 Å². The number of aromatic nitrogens is 1. The van der Waals surface area contributed by atoms with E-state index in [-0.39, 0.29) is 5.91 Å². The van der Waals surface area contributed by atoms with Gasteiger partial charge < -0.3 is 0 Å². The number of carbonyl (C=O) groups is 1. The van der Waals surface area contributed by atoms with Gasteiger partial charge in [-0.05, 0) is 17.9 Å². The van der Waals surface area contributed by atoms with E-state index in [2.05, 4.69) is 4.98 Å². The lowest BCUT2D eigenvalue weighted by atomic mass is 9.77. The highest BCUT2D eigenvalue weighted by atomic mass is 32.2. The minimum absolute atomic E-state index is 0.103. The highest BCUT2D eigenvalue weighted by Gasteiger charge is 2.51. The fourth-order valence-electron chi connectivity index (χ4n) is 2.94. The summed E-state index contributed by atoms with van der Waals surface area (Å²) in [4.78, 5) is 19.0. The molecule has 0 spiro atoms. The summed E-state index contributed by atoms with van der Waals surface area (Å²) in [6, 6.07) is 13.9. The van der Waals surface area contributed by atoms with Crippen LogP contribution in [-0.2, 0) is 10.2 Å². The summed E-state index contributed by atoms with van der Waals surface area (Å²) < 4.78 is 0. The molecule has 2 heterocycles. The standard InChI is InChI=1S/C16H16N2OS/c1-18-14-13(9-6-10-17-14)16(11-20-2,15(18)19)12-7-4-3-5-8-12/h3-10H,11H2,1-2H3/t16-/m0/s1. The monoisotopic (exact) mass is 284 g/mol. The van der Waals surface area contributed by atoms with Gasteiger partial charge in [0, 0.05) is 24.6 Å². The molecule has 1 aromatic heterocycles. The smallest absolute Gasteiger partial charge is 0.244 e. The van der Waals surface area contributed by atoms with E-state index in [0.717, 1.165) is 22.7 Å². The van der Waals surface area contributed by atoms with Gasteiger partial charge in [0.25, 0.3) is 0 Å². The number of hydrogen-bond acceptors (Lipinski definition) is 3. The van der Waals surface area contributed by atoms with E-state index >= 15 is 0 Å². The van der Waals surface area contributed by atoms with E-state index in [1.54, 1.807) is 29.9 Å². The average molecular weight is 284 g/mol. The molecule has 1 aliphatic rings. The highest BCUT2D eigenvalue weighted by Crippen LogP contribution is 2.45. The van der Waals surface area contributed by atoms with Crippen molar-refractivity contribution in [3.05, 3.63) is 59.8 Å². The van der Waals surface area contributed by atoms with Crippen molar-refractivity contribution in [2.45, 2.75) is 5.41 Å². The van der Waals surface area contributed by atoms with Crippen LogP contribution in [0.25, 0.3) is 0 Å². The normalized spacial score (nSPS) is 21.1. The minimum atomic E-state index is -0.612. The number of thioether (sulfide) groups is 1. The topological polar surface area (TPSA) is 33.2 Å². The van der Waals surface area contributed by atoms with Gasteiger partial charge in [-0.3, -0.25) is 9.69 Å². The number of rotatable bonds is 3. The second-order valence-electron chi connectivity index (χ2n) is 4.94. The summed E-state index contributed by atoms with van der Waals surface area (Å²) in [6.45, 7) is 0. The molecule has 2 aromatic rings. The Morgan fingerprint density at radius 2 is 1.95 bits per heavy atom. The van der Waals surface area contributed by atoms with Crippen molar-refractivity contribution < 1.29 is 4.79 Å². The maximum atomic E-state index is 12.9. The number of hydrogen-bond donors (Lipinski definition) is 0. The first-order valence-electron chi connectivity index (χ1n) is 6.50. The predicted octanol–water partition coefficient (Wildman–Crippen LogP) is 2.71. The third kappa shape index (κ3) is 1.68. The molecule has 102 valence electrons. The van der Waals surface area contributed by atoms with E-state index in [1.165, 1.54) is 0 Å². The SMILES string of the molecule is CSC[C@@]1(c2ccccc2)C(=O)N(C)c2ncccc21. The van der Waals surface area contributed by atoms with E-state index in [1.807, 2.05) is 48.7 Å². The van der Waals surface area contributed by atoms with Crippen LogP contribution < -0.4 is 4.90 Å². The van der Waals surface area contributed by atoms with Crippen molar-refractivity contribution in [1.82, 2.24) is 4.98 Å². The number of carbonyl (C=O) groups excluding carboxylic acids is 1. The first kappa shape index (κ1) is 13.2. The van der Waals surface area contributed by atoms with E-state index in [4.69, 9.17) is 0 Å². The van der Waals surface area contributed by atoms with Crippen molar-refractivity contribution in [2.24, 2.45) is 0 Å². The molecule has 0 saturated heterocycles. The maximum Gasteiger partial charge on any atom is 0.244 e. The molecule has 4 heteroatoms. The molecule has 0 unspecified atom stereocenters. The Morgan fingerprint density at radius 3 is 2.65 bits per heavy atom. The molecule has 0 N–H and O–H groups in total. The Morgan fingerprint density at radius 1 is 1.20 bits per heavy atom. The molecule has 1 atom stereocenters. The van der Waals surface area contributed by atoms with E-state index < -0.39 is 5.41 Å². The molecule has 1 aromatic carbocycles. The maximum absolute atomic E-state index is 12.9. The third-order valence-corrected chi connectivity index (χ3v) is 4.58. The summed E-state index contributed by atoms with van der Waals surface area (Å²) in [5.41, 5.74) is 1.44. The van der Waals surface area contributed by atoms with Gasteiger partial charge >= 0.3 is 0 Å². The zero-order chi connectivity index (χ0) is 14.2. The average Bonchev–Trinajstić information content (AvgIpc) is 2.72. The van der Waals surface area contributed by atoms with Crippen LogP contribution in [0.1, 0.15) is 11.1 Å². The highest BCUT2D eigenvalue weighted by molar-refractivity contribution is 7.98. The Bertz CT molecular complexity index is 644. The summed E-state index contributed by atoms with van der Waals surface area (Å²) >= 11 is 1.69. The molecule has 3 nitrogen and oxygen atoms in total. The lowest BCUT2D eigenvalue weighted by molar-refractivity contribution is -0.120. The van der Waals surface area contributed by atoms with Crippen LogP contribution in [0.3, 0.4) is 0 Å². The first-order chi connectivity index (χ1) is 9.71. The molecule has 0 saturated carbocycles. The number of pyridine rings is 1. The van der Waals surface area contributed by atoms with E-state index in [0.29, 0.717) is 0 Å². The number of benzene rings is 1. The van der Waals surface area contributed by atoms with Gasteiger partial charge in [0.2, 0.25) is 5.91 Å². The Kier molecular flexibility index (Phi) is 3.26. The van der Waals surface area contributed by atoms with Gasteiger partial charge in [0.05, 0.1) is 0 Å². The van der Waals surface area contributed by atoms with Gasteiger partial charge in [-0.1, -0.05) is 36.4 Å². The molecular weight excluding hydrogens is 268 g/mol. The third-order valence-electron chi connectivity index (χ3n) is 3.86. The summed E-state index contributed by atoms with van der Waals surface area (Å²) in [6.07, 6.45) is 3.77. The van der Waals surface area contributed by atoms with E-state index in [9.17, 15) is 4.79 Å². The summed E-state index contributed by atoms with van der Waals surface area (Å²) in [5, 5.41) is 0. The zero-order valence-corrected chi connectivity index (χ0v) is 12.4. The molecule has 0 bridgehead atoms. The van der Waals surface area contributed by atoms with Crippen LogP contribution in [0.5, 0.6) is 0 Å². The van der Waals surface area contributed by atoms with Crippen LogP contribution in [0.15, 0.2) is 48.7 Å². The molecule has 1 amide bonds. The largest absolute Gasteiger partial charge is 0.299 e. The molecule has 0 radical (unpaired) electrons. The fraction of sp³-hybridized carbons (Fsp3) is 0.250. The number of anilines is 1.